The minimum atomic E-state index is -0.914. The molecule has 1 rings (SSSR count). The van der Waals surface area contributed by atoms with Gasteiger partial charge < -0.3 is 4.53 Å². The minimum absolute atomic E-state index is 0.914. The fraction of sp³-hybridized carbons (Fsp3) is 0.857. The maximum atomic E-state index is 5.25. The van der Waals surface area contributed by atoms with Gasteiger partial charge in [0.05, 0.1) is 5.71 Å². The Morgan fingerprint density at radius 1 is 1.30 bits per heavy atom. The van der Waals surface area contributed by atoms with Crippen molar-refractivity contribution in [3.8, 4) is 0 Å². The second-order valence-electron chi connectivity index (χ2n) is 3.02. The second kappa shape index (κ2) is 3.76. The summed E-state index contributed by atoms with van der Waals surface area (Å²) in [5, 5.41) is 4.10. The molecule has 0 bridgehead atoms. The van der Waals surface area contributed by atoms with Crippen LogP contribution in [0.5, 0.6) is 0 Å². The summed E-state index contributed by atoms with van der Waals surface area (Å²) in [5.74, 6) is 0. The van der Waals surface area contributed by atoms with E-state index >= 15 is 0 Å². The predicted molar refractivity (Wildman–Crippen MR) is 45.9 cm³/mol. The smallest absolute Gasteiger partial charge is 0.266 e. The van der Waals surface area contributed by atoms with Gasteiger partial charge in [0.25, 0.3) is 9.04 Å². The van der Waals surface area contributed by atoms with Gasteiger partial charge in [-0.1, -0.05) is 0 Å². The molecular weight excluding hydrogens is 142 g/mol. The van der Waals surface area contributed by atoms with Gasteiger partial charge in [0.2, 0.25) is 0 Å². The Balaban J connectivity index is 2.25. The summed E-state index contributed by atoms with van der Waals surface area (Å²) in [6, 6.07) is 0. The van der Waals surface area contributed by atoms with Crippen molar-refractivity contribution in [1.82, 2.24) is 0 Å². The molecule has 0 heterocycles. The summed E-state index contributed by atoms with van der Waals surface area (Å²) >= 11 is 0. The minimum Gasteiger partial charge on any atom is -0.459 e. The van der Waals surface area contributed by atoms with Crippen LogP contribution in [-0.2, 0) is 4.53 Å². The van der Waals surface area contributed by atoms with Crippen LogP contribution in [0, 0.1) is 0 Å². The van der Waals surface area contributed by atoms with Crippen molar-refractivity contribution in [2.75, 3.05) is 0 Å². The molecule has 58 valence electrons. The van der Waals surface area contributed by atoms with Crippen LogP contribution < -0.4 is 0 Å². The second-order valence-corrected chi connectivity index (χ2v) is 5.33. The first-order chi connectivity index (χ1) is 4.79. The summed E-state index contributed by atoms with van der Waals surface area (Å²) in [6.45, 7) is 4.28. The highest BCUT2D eigenvalue weighted by atomic mass is 28.3. The standard InChI is InChI=1S/C7H15NOSi/c1-10(2)9-8-7-5-3-4-6-7/h10H,3-6H2,1-2H3. The van der Waals surface area contributed by atoms with Crippen LogP contribution in [0.1, 0.15) is 25.7 Å². The number of nitrogens with zero attached hydrogens (tertiary/aromatic N) is 1. The maximum Gasteiger partial charge on any atom is 0.266 e. The lowest BCUT2D eigenvalue weighted by Gasteiger charge is -2.01. The van der Waals surface area contributed by atoms with Crippen molar-refractivity contribution in [3.63, 3.8) is 0 Å². The van der Waals surface area contributed by atoms with Crippen LogP contribution in [0.3, 0.4) is 0 Å². The normalized spacial score (nSPS) is 18.1. The van der Waals surface area contributed by atoms with E-state index in [2.05, 4.69) is 18.2 Å². The lowest BCUT2D eigenvalue weighted by molar-refractivity contribution is 0.350. The zero-order chi connectivity index (χ0) is 7.40. The highest BCUT2D eigenvalue weighted by Gasteiger charge is 2.08. The quantitative estimate of drug-likeness (QED) is 0.443. The highest BCUT2D eigenvalue weighted by Crippen LogP contribution is 2.14. The van der Waals surface area contributed by atoms with Crippen molar-refractivity contribution in [1.29, 1.82) is 0 Å². The number of oxime groups is 1. The molecule has 1 fully saturated rings. The fourth-order valence-electron chi connectivity index (χ4n) is 1.05. The van der Waals surface area contributed by atoms with Gasteiger partial charge in [-0.25, -0.2) is 0 Å². The molecule has 0 atom stereocenters. The lowest BCUT2D eigenvalue weighted by Crippen LogP contribution is -2.04. The average molecular weight is 157 g/mol. The molecule has 1 aliphatic carbocycles. The molecule has 1 saturated carbocycles. The van der Waals surface area contributed by atoms with Crippen molar-refractivity contribution in [3.05, 3.63) is 0 Å². The third kappa shape index (κ3) is 2.52. The van der Waals surface area contributed by atoms with E-state index in [0.717, 1.165) is 0 Å². The molecule has 0 aromatic carbocycles. The van der Waals surface area contributed by atoms with Crippen molar-refractivity contribution < 1.29 is 4.53 Å². The fourth-order valence-corrected chi connectivity index (χ4v) is 1.41. The summed E-state index contributed by atoms with van der Waals surface area (Å²) in [6.07, 6.45) is 4.95. The van der Waals surface area contributed by atoms with E-state index in [9.17, 15) is 0 Å². The molecule has 0 aromatic heterocycles. The zero-order valence-electron chi connectivity index (χ0n) is 6.76. The summed E-state index contributed by atoms with van der Waals surface area (Å²) in [4.78, 5) is 0. The Morgan fingerprint density at radius 3 is 2.40 bits per heavy atom. The lowest BCUT2D eigenvalue weighted by atomic mass is 10.3. The van der Waals surface area contributed by atoms with Crippen molar-refractivity contribution in [2.45, 2.75) is 38.8 Å². The molecule has 3 heteroatoms. The third-order valence-corrected chi connectivity index (χ3v) is 2.10. The molecule has 0 radical (unpaired) electrons. The summed E-state index contributed by atoms with van der Waals surface area (Å²) in [7, 11) is -0.914. The van der Waals surface area contributed by atoms with Gasteiger partial charge in [0.15, 0.2) is 0 Å². The summed E-state index contributed by atoms with van der Waals surface area (Å²) in [5.41, 5.74) is 1.28. The van der Waals surface area contributed by atoms with Gasteiger partial charge in [-0.15, -0.1) is 5.16 Å². The first-order valence-corrected chi connectivity index (χ1v) is 6.78. The van der Waals surface area contributed by atoms with E-state index in [0.29, 0.717) is 0 Å². The monoisotopic (exact) mass is 157 g/mol. The molecular formula is C7H15NOSi. The van der Waals surface area contributed by atoms with Gasteiger partial charge in [-0.3, -0.25) is 0 Å². The SMILES string of the molecule is C[SiH](C)ON=C1CCCC1. The van der Waals surface area contributed by atoms with Crippen LogP contribution in [0.2, 0.25) is 13.1 Å². The Labute approximate surface area is 64.0 Å². The topological polar surface area (TPSA) is 21.6 Å². The maximum absolute atomic E-state index is 5.25. The molecule has 0 aliphatic heterocycles. The van der Waals surface area contributed by atoms with Gasteiger partial charge in [-0.05, 0) is 38.8 Å². The van der Waals surface area contributed by atoms with Crippen LogP contribution in [0.15, 0.2) is 5.16 Å². The third-order valence-electron chi connectivity index (χ3n) is 1.57. The van der Waals surface area contributed by atoms with E-state index in [1.807, 2.05) is 0 Å². The van der Waals surface area contributed by atoms with E-state index in [1.165, 1.54) is 31.4 Å². The molecule has 1 aliphatic rings. The van der Waals surface area contributed by atoms with Crippen molar-refractivity contribution >= 4 is 14.8 Å². The number of rotatable bonds is 2. The first-order valence-electron chi connectivity index (χ1n) is 4.00. The number of hydrogen-bond acceptors (Lipinski definition) is 2. The molecule has 0 amide bonds. The number of hydrogen-bond donors (Lipinski definition) is 0. The molecule has 0 N–H and O–H groups in total. The molecule has 0 unspecified atom stereocenters. The molecule has 10 heavy (non-hydrogen) atoms. The van der Waals surface area contributed by atoms with E-state index in [1.54, 1.807) is 0 Å². The molecule has 2 nitrogen and oxygen atoms in total. The van der Waals surface area contributed by atoms with Gasteiger partial charge in [0, 0.05) is 0 Å². The van der Waals surface area contributed by atoms with Gasteiger partial charge >= 0.3 is 0 Å². The Bertz CT molecular complexity index is 126. The Kier molecular flexibility index (Phi) is 2.93. The van der Waals surface area contributed by atoms with E-state index in [4.69, 9.17) is 4.53 Å². The average Bonchev–Trinajstić information content (AvgIpc) is 2.34. The molecule has 0 aromatic rings. The van der Waals surface area contributed by atoms with E-state index in [-0.39, 0.29) is 0 Å². The van der Waals surface area contributed by atoms with Crippen molar-refractivity contribution in [2.24, 2.45) is 5.16 Å². The Hall–Kier alpha value is -0.313. The largest absolute Gasteiger partial charge is 0.459 e. The van der Waals surface area contributed by atoms with Crippen LogP contribution in [-0.4, -0.2) is 14.8 Å². The van der Waals surface area contributed by atoms with Gasteiger partial charge in [-0.2, -0.15) is 0 Å². The van der Waals surface area contributed by atoms with Crippen LogP contribution >= 0.6 is 0 Å². The molecule has 0 spiro atoms. The van der Waals surface area contributed by atoms with Gasteiger partial charge in [0.1, 0.15) is 0 Å². The van der Waals surface area contributed by atoms with E-state index < -0.39 is 9.04 Å². The highest BCUT2D eigenvalue weighted by molar-refractivity contribution is 6.48. The summed E-state index contributed by atoms with van der Waals surface area (Å²) < 4.78 is 5.25. The van der Waals surface area contributed by atoms with Crippen LogP contribution in [0.4, 0.5) is 0 Å². The predicted octanol–water partition coefficient (Wildman–Crippen LogP) is 1.92. The molecule has 0 saturated heterocycles. The van der Waals surface area contributed by atoms with Crippen LogP contribution in [0.25, 0.3) is 0 Å². The Morgan fingerprint density at radius 2 is 1.90 bits per heavy atom. The first kappa shape index (κ1) is 7.79. The zero-order valence-corrected chi connectivity index (χ0v) is 7.92.